The van der Waals surface area contributed by atoms with Crippen LogP contribution in [-0.2, 0) is 21.2 Å². The van der Waals surface area contributed by atoms with Gasteiger partial charge in [0, 0.05) is 11.6 Å². The first-order chi connectivity index (χ1) is 12.3. The number of benzene rings is 2. The zero-order valence-corrected chi connectivity index (χ0v) is 16.5. The number of carbonyl (C=O) groups excluding carboxylic acids is 1. The molecule has 0 aliphatic rings. The smallest absolute Gasteiger partial charge is 0.240 e. The minimum absolute atomic E-state index is 0.257. The molecule has 0 fully saturated rings. The van der Waals surface area contributed by atoms with Crippen molar-refractivity contribution in [1.29, 1.82) is 0 Å². The Labute approximate surface area is 160 Å². The van der Waals surface area contributed by atoms with Gasteiger partial charge in [-0.3, -0.25) is 9.10 Å². The molecule has 0 bridgehead atoms. The van der Waals surface area contributed by atoms with Gasteiger partial charge in [0.15, 0.2) is 0 Å². The van der Waals surface area contributed by atoms with Crippen LogP contribution < -0.4 is 9.62 Å². The van der Waals surface area contributed by atoms with Crippen molar-refractivity contribution in [1.82, 2.24) is 5.32 Å². The monoisotopic (exact) mass is 394 g/mol. The lowest BCUT2D eigenvalue weighted by atomic mass is 10.1. The summed E-state index contributed by atoms with van der Waals surface area (Å²) in [5, 5.41) is 3.30. The molecule has 0 atom stereocenters. The topological polar surface area (TPSA) is 66.5 Å². The standard InChI is InChI=1S/C19H23ClN2O3S/c1-15-13-17(20)10-11-18(15)22(26(2,24)25)14-19(23)21-12-6-9-16-7-4-3-5-8-16/h3-5,7-8,10-11,13H,6,9,12,14H2,1-2H3,(H,21,23). The molecular weight excluding hydrogens is 372 g/mol. The third kappa shape index (κ3) is 6.04. The van der Waals surface area contributed by atoms with Crippen LogP contribution in [0.5, 0.6) is 0 Å². The van der Waals surface area contributed by atoms with Gasteiger partial charge in [-0.25, -0.2) is 8.42 Å². The molecule has 1 N–H and O–H groups in total. The van der Waals surface area contributed by atoms with Crippen LogP contribution in [0.1, 0.15) is 17.5 Å². The summed E-state index contributed by atoms with van der Waals surface area (Å²) >= 11 is 5.93. The molecule has 0 unspecified atom stereocenters. The summed E-state index contributed by atoms with van der Waals surface area (Å²) in [5.41, 5.74) is 2.35. The van der Waals surface area contributed by atoms with E-state index in [0.29, 0.717) is 22.8 Å². The molecule has 7 heteroatoms. The van der Waals surface area contributed by atoms with Crippen LogP contribution in [0.25, 0.3) is 0 Å². The SMILES string of the molecule is Cc1cc(Cl)ccc1N(CC(=O)NCCCc1ccccc1)S(C)(=O)=O. The third-order valence-corrected chi connectivity index (χ3v) is 5.28. The van der Waals surface area contributed by atoms with Crippen LogP contribution in [0.3, 0.4) is 0 Å². The lowest BCUT2D eigenvalue weighted by molar-refractivity contribution is -0.119. The molecular formula is C19H23ClN2O3S. The van der Waals surface area contributed by atoms with Crippen LogP contribution in [-0.4, -0.2) is 33.7 Å². The van der Waals surface area contributed by atoms with Crippen LogP contribution in [0, 0.1) is 6.92 Å². The molecule has 5 nitrogen and oxygen atoms in total. The molecule has 26 heavy (non-hydrogen) atoms. The Morgan fingerprint density at radius 3 is 2.46 bits per heavy atom. The molecule has 0 saturated carbocycles. The van der Waals surface area contributed by atoms with Crippen molar-refractivity contribution >= 4 is 33.2 Å². The Morgan fingerprint density at radius 2 is 1.85 bits per heavy atom. The summed E-state index contributed by atoms with van der Waals surface area (Å²) in [5.74, 6) is -0.335. The number of nitrogens with zero attached hydrogens (tertiary/aromatic N) is 1. The van der Waals surface area contributed by atoms with Gasteiger partial charge >= 0.3 is 0 Å². The number of rotatable bonds is 8. The summed E-state index contributed by atoms with van der Waals surface area (Å²) in [4.78, 5) is 12.2. The first-order valence-corrected chi connectivity index (χ1v) is 10.5. The second-order valence-corrected chi connectivity index (χ2v) is 8.48. The fourth-order valence-corrected chi connectivity index (χ4v) is 3.77. The molecule has 2 aromatic carbocycles. The average Bonchev–Trinajstić information content (AvgIpc) is 2.57. The Hall–Kier alpha value is -2.05. The van der Waals surface area contributed by atoms with Crippen LogP contribution in [0.4, 0.5) is 5.69 Å². The van der Waals surface area contributed by atoms with E-state index in [0.717, 1.165) is 23.4 Å². The second-order valence-electron chi connectivity index (χ2n) is 6.14. The predicted octanol–water partition coefficient (Wildman–Crippen LogP) is 3.16. The lowest BCUT2D eigenvalue weighted by Crippen LogP contribution is -2.41. The van der Waals surface area contributed by atoms with Gasteiger partial charge in [-0.05, 0) is 49.1 Å². The Morgan fingerprint density at radius 1 is 1.15 bits per heavy atom. The average molecular weight is 395 g/mol. The van der Waals surface area contributed by atoms with Crippen molar-refractivity contribution in [3.63, 3.8) is 0 Å². The van der Waals surface area contributed by atoms with Crippen LogP contribution in [0.2, 0.25) is 5.02 Å². The van der Waals surface area contributed by atoms with E-state index in [1.165, 1.54) is 5.56 Å². The fourth-order valence-electron chi connectivity index (χ4n) is 2.63. The molecule has 0 aliphatic heterocycles. The first-order valence-electron chi connectivity index (χ1n) is 8.32. The fraction of sp³-hybridized carbons (Fsp3) is 0.316. The van der Waals surface area contributed by atoms with E-state index < -0.39 is 10.0 Å². The van der Waals surface area contributed by atoms with Gasteiger partial charge in [0.1, 0.15) is 6.54 Å². The maximum Gasteiger partial charge on any atom is 0.240 e. The number of sulfonamides is 1. The third-order valence-electron chi connectivity index (χ3n) is 3.92. The maximum absolute atomic E-state index is 12.2. The second kappa shape index (κ2) is 9.05. The highest BCUT2D eigenvalue weighted by Crippen LogP contribution is 2.25. The van der Waals surface area contributed by atoms with E-state index in [2.05, 4.69) is 5.32 Å². The van der Waals surface area contributed by atoms with E-state index in [1.54, 1.807) is 25.1 Å². The van der Waals surface area contributed by atoms with Gasteiger partial charge in [0.2, 0.25) is 15.9 Å². The minimum Gasteiger partial charge on any atom is -0.355 e. The number of carbonyl (C=O) groups is 1. The van der Waals surface area contributed by atoms with Gasteiger partial charge in [-0.15, -0.1) is 0 Å². The van der Waals surface area contributed by atoms with Crippen molar-refractivity contribution in [2.45, 2.75) is 19.8 Å². The summed E-state index contributed by atoms with van der Waals surface area (Å²) in [6.45, 7) is 1.99. The molecule has 0 aromatic heterocycles. The zero-order valence-electron chi connectivity index (χ0n) is 14.9. The maximum atomic E-state index is 12.2. The van der Waals surface area contributed by atoms with Gasteiger partial charge in [0.05, 0.1) is 11.9 Å². The normalized spacial score (nSPS) is 11.2. The van der Waals surface area contributed by atoms with Gasteiger partial charge in [-0.1, -0.05) is 41.9 Å². The van der Waals surface area contributed by atoms with Crippen molar-refractivity contribution < 1.29 is 13.2 Å². The van der Waals surface area contributed by atoms with E-state index in [4.69, 9.17) is 11.6 Å². The lowest BCUT2D eigenvalue weighted by Gasteiger charge is -2.23. The number of nitrogens with one attached hydrogen (secondary N) is 1. The minimum atomic E-state index is -3.59. The van der Waals surface area contributed by atoms with E-state index in [1.807, 2.05) is 30.3 Å². The number of anilines is 1. The van der Waals surface area contributed by atoms with Gasteiger partial charge in [-0.2, -0.15) is 0 Å². The van der Waals surface area contributed by atoms with Crippen molar-refractivity contribution in [2.24, 2.45) is 0 Å². The Kier molecular flexibility index (Phi) is 7.06. The predicted molar refractivity (Wildman–Crippen MR) is 106 cm³/mol. The molecule has 0 radical (unpaired) electrons. The molecule has 2 rings (SSSR count). The number of amides is 1. The highest BCUT2D eigenvalue weighted by Gasteiger charge is 2.22. The molecule has 2 aromatic rings. The summed E-state index contributed by atoms with van der Waals surface area (Å²) < 4.78 is 25.4. The van der Waals surface area contributed by atoms with Gasteiger partial charge < -0.3 is 5.32 Å². The van der Waals surface area contributed by atoms with E-state index in [-0.39, 0.29) is 12.5 Å². The van der Waals surface area contributed by atoms with Crippen LogP contribution in [0.15, 0.2) is 48.5 Å². The number of hydrogen-bond acceptors (Lipinski definition) is 3. The largest absolute Gasteiger partial charge is 0.355 e. The van der Waals surface area contributed by atoms with E-state index >= 15 is 0 Å². The highest BCUT2D eigenvalue weighted by atomic mass is 35.5. The molecule has 0 heterocycles. The number of aryl methyl sites for hydroxylation is 2. The van der Waals surface area contributed by atoms with Crippen molar-refractivity contribution in [2.75, 3.05) is 23.7 Å². The molecule has 1 amide bonds. The Balaban J connectivity index is 1.94. The first kappa shape index (κ1) is 20.3. The quantitative estimate of drug-likeness (QED) is 0.699. The summed E-state index contributed by atoms with van der Waals surface area (Å²) in [7, 11) is -3.59. The summed E-state index contributed by atoms with van der Waals surface area (Å²) in [6, 6.07) is 14.9. The molecule has 0 saturated heterocycles. The summed E-state index contributed by atoms with van der Waals surface area (Å²) in [6.07, 6.45) is 2.73. The highest BCUT2D eigenvalue weighted by molar-refractivity contribution is 7.92. The van der Waals surface area contributed by atoms with Gasteiger partial charge in [0.25, 0.3) is 0 Å². The van der Waals surface area contributed by atoms with Crippen molar-refractivity contribution in [3.05, 3.63) is 64.7 Å². The van der Waals surface area contributed by atoms with Crippen molar-refractivity contribution in [3.8, 4) is 0 Å². The van der Waals surface area contributed by atoms with E-state index in [9.17, 15) is 13.2 Å². The molecule has 140 valence electrons. The molecule has 0 aliphatic carbocycles. The zero-order chi connectivity index (χ0) is 19.2. The number of halogens is 1. The Bertz CT molecular complexity index is 854. The number of hydrogen-bond donors (Lipinski definition) is 1. The van der Waals surface area contributed by atoms with Crippen LogP contribution >= 0.6 is 11.6 Å². The molecule has 0 spiro atoms.